The van der Waals surface area contributed by atoms with Gasteiger partial charge in [-0.25, -0.2) is 4.98 Å². The predicted molar refractivity (Wildman–Crippen MR) is 78.5 cm³/mol. The number of rotatable bonds is 6. The molecule has 1 aromatic heterocycles. The van der Waals surface area contributed by atoms with Gasteiger partial charge in [-0.05, 0) is 18.4 Å². The first-order valence-electron chi connectivity index (χ1n) is 7.28. The first-order chi connectivity index (χ1) is 9.92. The summed E-state index contributed by atoms with van der Waals surface area (Å²) in [5.41, 5.74) is 1.30. The second kappa shape index (κ2) is 6.68. The van der Waals surface area contributed by atoms with Gasteiger partial charge in [0, 0.05) is 32.1 Å². The maximum Gasteiger partial charge on any atom is 0.122 e. The highest BCUT2D eigenvalue weighted by Crippen LogP contribution is 2.11. The van der Waals surface area contributed by atoms with Crippen molar-refractivity contribution in [2.24, 2.45) is 0 Å². The van der Waals surface area contributed by atoms with E-state index in [0.29, 0.717) is 6.10 Å². The smallest absolute Gasteiger partial charge is 0.122 e. The number of ether oxygens (including phenoxy) is 1. The summed E-state index contributed by atoms with van der Waals surface area (Å²) in [4.78, 5) is 4.44. The van der Waals surface area contributed by atoms with E-state index < -0.39 is 0 Å². The third-order valence-corrected chi connectivity index (χ3v) is 3.68. The van der Waals surface area contributed by atoms with Crippen molar-refractivity contribution in [3.05, 3.63) is 54.1 Å². The Labute approximate surface area is 119 Å². The van der Waals surface area contributed by atoms with Gasteiger partial charge in [-0.3, -0.25) is 0 Å². The molecule has 0 amide bonds. The zero-order valence-electron chi connectivity index (χ0n) is 11.7. The maximum absolute atomic E-state index is 5.61. The van der Waals surface area contributed by atoms with Crippen LogP contribution in [0.1, 0.15) is 24.2 Å². The van der Waals surface area contributed by atoms with Crippen molar-refractivity contribution in [3.63, 3.8) is 0 Å². The Morgan fingerprint density at radius 2 is 2.20 bits per heavy atom. The Bertz CT molecular complexity index is 518. The minimum atomic E-state index is 0.382. The van der Waals surface area contributed by atoms with E-state index in [0.717, 1.165) is 32.1 Å². The van der Waals surface area contributed by atoms with E-state index in [1.807, 2.05) is 18.5 Å². The minimum Gasteiger partial charge on any atom is -0.377 e. The molecule has 0 radical (unpaired) electrons. The Kier molecular flexibility index (Phi) is 4.46. The highest BCUT2D eigenvalue weighted by Gasteiger charge is 2.14. The molecule has 2 heterocycles. The summed E-state index contributed by atoms with van der Waals surface area (Å²) < 4.78 is 7.80. The minimum absolute atomic E-state index is 0.382. The van der Waals surface area contributed by atoms with Crippen molar-refractivity contribution in [1.82, 2.24) is 14.9 Å². The quantitative estimate of drug-likeness (QED) is 0.875. The standard InChI is InChI=1S/C16H21N3O/c1-2-5-14(6-3-1)13-19-9-8-18-16(19)12-17-11-15-7-4-10-20-15/h1-3,5-6,8-9,15,17H,4,7,10-13H2. The van der Waals surface area contributed by atoms with Crippen molar-refractivity contribution < 1.29 is 4.74 Å². The molecule has 106 valence electrons. The lowest BCUT2D eigenvalue weighted by Crippen LogP contribution is -2.27. The summed E-state index contributed by atoms with van der Waals surface area (Å²) in [6.07, 6.45) is 6.65. The first-order valence-corrected chi connectivity index (χ1v) is 7.28. The van der Waals surface area contributed by atoms with Crippen LogP contribution in [-0.2, 0) is 17.8 Å². The zero-order valence-corrected chi connectivity index (χ0v) is 11.7. The van der Waals surface area contributed by atoms with Crippen LogP contribution in [0, 0.1) is 0 Å². The summed E-state index contributed by atoms with van der Waals surface area (Å²) in [6, 6.07) is 10.5. The Balaban J connectivity index is 1.53. The van der Waals surface area contributed by atoms with Crippen molar-refractivity contribution in [1.29, 1.82) is 0 Å². The average molecular weight is 271 g/mol. The van der Waals surface area contributed by atoms with Crippen LogP contribution >= 0.6 is 0 Å². The second-order valence-electron chi connectivity index (χ2n) is 5.22. The molecule has 1 atom stereocenters. The lowest BCUT2D eigenvalue weighted by molar-refractivity contribution is 0.109. The van der Waals surface area contributed by atoms with Gasteiger partial charge in [-0.1, -0.05) is 30.3 Å². The average Bonchev–Trinajstić information content (AvgIpc) is 3.13. The Hall–Kier alpha value is -1.65. The first kappa shape index (κ1) is 13.3. The Morgan fingerprint density at radius 3 is 3.00 bits per heavy atom. The van der Waals surface area contributed by atoms with Gasteiger partial charge in [0.1, 0.15) is 5.82 Å². The topological polar surface area (TPSA) is 39.1 Å². The molecule has 1 N–H and O–H groups in total. The maximum atomic E-state index is 5.61. The van der Waals surface area contributed by atoms with Gasteiger partial charge in [-0.15, -0.1) is 0 Å². The van der Waals surface area contributed by atoms with Gasteiger partial charge in [-0.2, -0.15) is 0 Å². The van der Waals surface area contributed by atoms with Crippen LogP contribution in [0.2, 0.25) is 0 Å². The van der Waals surface area contributed by atoms with E-state index in [9.17, 15) is 0 Å². The fourth-order valence-electron chi connectivity index (χ4n) is 2.58. The highest BCUT2D eigenvalue weighted by atomic mass is 16.5. The van der Waals surface area contributed by atoms with Crippen LogP contribution in [0.4, 0.5) is 0 Å². The van der Waals surface area contributed by atoms with Gasteiger partial charge in [0.2, 0.25) is 0 Å². The molecule has 1 fully saturated rings. The number of nitrogens with zero attached hydrogens (tertiary/aromatic N) is 2. The number of aromatic nitrogens is 2. The molecule has 1 unspecified atom stereocenters. The van der Waals surface area contributed by atoms with Gasteiger partial charge < -0.3 is 14.6 Å². The molecule has 1 aliphatic heterocycles. The summed E-state index contributed by atoms with van der Waals surface area (Å²) in [6.45, 7) is 3.49. The van der Waals surface area contributed by atoms with Crippen LogP contribution in [-0.4, -0.2) is 28.8 Å². The van der Waals surface area contributed by atoms with Crippen LogP contribution in [0.15, 0.2) is 42.7 Å². The number of imidazole rings is 1. The third kappa shape index (κ3) is 3.46. The molecule has 4 nitrogen and oxygen atoms in total. The van der Waals surface area contributed by atoms with Gasteiger partial charge >= 0.3 is 0 Å². The zero-order chi connectivity index (χ0) is 13.6. The number of hydrogen-bond donors (Lipinski definition) is 1. The van der Waals surface area contributed by atoms with Gasteiger partial charge in [0.05, 0.1) is 12.6 Å². The monoisotopic (exact) mass is 271 g/mol. The van der Waals surface area contributed by atoms with E-state index in [-0.39, 0.29) is 0 Å². The van der Waals surface area contributed by atoms with Crippen LogP contribution in [0.5, 0.6) is 0 Å². The molecule has 1 aliphatic rings. The van der Waals surface area contributed by atoms with E-state index in [1.165, 1.54) is 18.4 Å². The van der Waals surface area contributed by atoms with E-state index in [2.05, 4.69) is 39.1 Å². The van der Waals surface area contributed by atoms with Crippen molar-refractivity contribution in [2.45, 2.75) is 32.0 Å². The fourth-order valence-corrected chi connectivity index (χ4v) is 2.58. The lowest BCUT2D eigenvalue weighted by atomic mass is 10.2. The third-order valence-electron chi connectivity index (χ3n) is 3.68. The summed E-state index contributed by atoms with van der Waals surface area (Å²) >= 11 is 0. The Morgan fingerprint density at radius 1 is 1.30 bits per heavy atom. The molecule has 2 aromatic rings. The molecular weight excluding hydrogens is 250 g/mol. The fraction of sp³-hybridized carbons (Fsp3) is 0.438. The van der Waals surface area contributed by atoms with Gasteiger partial charge in [0.15, 0.2) is 0 Å². The summed E-state index contributed by atoms with van der Waals surface area (Å²) in [5, 5.41) is 3.45. The number of nitrogens with one attached hydrogen (secondary N) is 1. The van der Waals surface area contributed by atoms with Gasteiger partial charge in [0.25, 0.3) is 0 Å². The predicted octanol–water partition coefficient (Wildman–Crippen LogP) is 2.20. The van der Waals surface area contributed by atoms with Crippen LogP contribution in [0.25, 0.3) is 0 Å². The van der Waals surface area contributed by atoms with E-state index in [4.69, 9.17) is 4.74 Å². The largest absolute Gasteiger partial charge is 0.377 e. The highest BCUT2D eigenvalue weighted by molar-refractivity contribution is 5.15. The molecular formula is C16H21N3O. The number of hydrogen-bond acceptors (Lipinski definition) is 3. The molecule has 1 aromatic carbocycles. The van der Waals surface area contributed by atoms with Crippen molar-refractivity contribution in [3.8, 4) is 0 Å². The number of benzene rings is 1. The molecule has 4 heteroatoms. The molecule has 20 heavy (non-hydrogen) atoms. The normalized spacial score (nSPS) is 18.5. The summed E-state index contributed by atoms with van der Waals surface area (Å²) in [7, 11) is 0. The molecule has 0 aliphatic carbocycles. The van der Waals surface area contributed by atoms with E-state index >= 15 is 0 Å². The van der Waals surface area contributed by atoms with Crippen LogP contribution < -0.4 is 5.32 Å². The molecule has 3 rings (SSSR count). The van der Waals surface area contributed by atoms with E-state index in [1.54, 1.807) is 0 Å². The molecule has 1 saturated heterocycles. The van der Waals surface area contributed by atoms with Crippen molar-refractivity contribution in [2.75, 3.05) is 13.2 Å². The molecule has 0 saturated carbocycles. The molecule has 0 bridgehead atoms. The lowest BCUT2D eigenvalue weighted by Gasteiger charge is -2.12. The van der Waals surface area contributed by atoms with Crippen molar-refractivity contribution >= 4 is 0 Å². The second-order valence-corrected chi connectivity index (χ2v) is 5.22. The van der Waals surface area contributed by atoms with Crippen LogP contribution in [0.3, 0.4) is 0 Å². The SMILES string of the molecule is c1ccc(Cn2ccnc2CNCC2CCCO2)cc1. The molecule has 0 spiro atoms. The summed E-state index contributed by atoms with van der Waals surface area (Å²) in [5.74, 6) is 1.08.